The van der Waals surface area contributed by atoms with Gasteiger partial charge in [0, 0.05) is 17.5 Å². The molecule has 1 aromatic heterocycles. The van der Waals surface area contributed by atoms with Crippen molar-refractivity contribution >= 4 is 11.3 Å². The second-order valence-corrected chi connectivity index (χ2v) is 7.00. The van der Waals surface area contributed by atoms with Crippen molar-refractivity contribution in [3.05, 3.63) is 51.7 Å². The number of benzene rings is 1. The molecule has 0 spiro atoms. The Morgan fingerprint density at radius 3 is 3.05 bits per heavy atom. The molecule has 0 radical (unpaired) electrons. The first-order valence-electron chi connectivity index (χ1n) is 8.36. The molecule has 0 saturated carbocycles. The SMILES string of the molecule is CCCOc1cccc2c1CCC(NCCc1cccs1)C2. The van der Waals surface area contributed by atoms with E-state index in [1.54, 1.807) is 0 Å². The van der Waals surface area contributed by atoms with Crippen LogP contribution >= 0.6 is 11.3 Å². The van der Waals surface area contributed by atoms with Crippen LogP contribution in [0.1, 0.15) is 35.8 Å². The van der Waals surface area contributed by atoms with Gasteiger partial charge in [-0.3, -0.25) is 0 Å². The van der Waals surface area contributed by atoms with Gasteiger partial charge in [-0.25, -0.2) is 0 Å². The second-order valence-electron chi connectivity index (χ2n) is 5.97. The summed E-state index contributed by atoms with van der Waals surface area (Å²) >= 11 is 1.85. The molecule has 1 aromatic carbocycles. The zero-order valence-corrected chi connectivity index (χ0v) is 14.1. The zero-order valence-electron chi connectivity index (χ0n) is 13.3. The van der Waals surface area contributed by atoms with Gasteiger partial charge in [0.2, 0.25) is 0 Å². The fourth-order valence-electron chi connectivity index (χ4n) is 3.15. The third-order valence-electron chi connectivity index (χ3n) is 4.29. The van der Waals surface area contributed by atoms with E-state index in [9.17, 15) is 0 Å². The Morgan fingerprint density at radius 2 is 2.23 bits per heavy atom. The normalized spacial score (nSPS) is 17.2. The van der Waals surface area contributed by atoms with Crippen molar-refractivity contribution in [2.24, 2.45) is 0 Å². The average molecular weight is 315 g/mol. The van der Waals surface area contributed by atoms with Crippen LogP contribution in [0, 0.1) is 0 Å². The van der Waals surface area contributed by atoms with Crippen LogP contribution in [0.3, 0.4) is 0 Å². The number of ether oxygens (including phenoxy) is 1. The Morgan fingerprint density at radius 1 is 1.27 bits per heavy atom. The summed E-state index contributed by atoms with van der Waals surface area (Å²) in [6.45, 7) is 4.05. The fourth-order valence-corrected chi connectivity index (χ4v) is 3.86. The van der Waals surface area contributed by atoms with Gasteiger partial charge in [0.1, 0.15) is 5.75 Å². The van der Waals surface area contributed by atoms with E-state index in [1.807, 2.05) is 11.3 Å². The molecule has 118 valence electrons. The summed E-state index contributed by atoms with van der Waals surface area (Å²) in [5.41, 5.74) is 2.90. The summed E-state index contributed by atoms with van der Waals surface area (Å²) in [5.74, 6) is 1.11. The molecule has 0 fully saturated rings. The zero-order chi connectivity index (χ0) is 15.2. The molecular weight excluding hydrogens is 290 g/mol. The summed E-state index contributed by atoms with van der Waals surface area (Å²) in [7, 11) is 0. The van der Waals surface area contributed by atoms with Crippen LogP contribution in [0.5, 0.6) is 5.75 Å². The Kier molecular flexibility index (Phi) is 5.52. The van der Waals surface area contributed by atoms with Crippen molar-refractivity contribution in [3.63, 3.8) is 0 Å². The minimum absolute atomic E-state index is 0.605. The number of hydrogen-bond donors (Lipinski definition) is 1. The number of rotatable bonds is 7. The van der Waals surface area contributed by atoms with Crippen LogP contribution < -0.4 is 10.1 Å². The summed E-state index contributed by atoms with van der Waals surface area (Å²) < 4.78 is 5.90. The molecule has 1 heterocycles. The van der Waals surface area contributed by atoms with Crippen molar-refractivity contribution in [1.82, 2.24) is 5.32 Å². The van der Waals surface area contributed by atoms with Crippen molar-refractivity contribution in [2.45, 2.75) is 45.1 Å². The van der Waals surface area contributed by atoms with Crippen LogP contribution in [0.4, 0.5) is 0 Å². The number of nitrogens with one attached hydrogen (secondary N) is 1. The molecule has 3 rings (SSSR count). The van der Waals surface area contributed by atoms with E-state index in [0.29, 0.717) is 6.04 Å². The number of fused-ring (bicyclic) bond motifs is 1. The predicted molar refractivity (Wildman–Crippen MR) is 94.1 cm³/mol. The molecule has 0 amide bonds. The van der Waals surface area contributed by atoms with Crippen molar-refractivity contribution < 1.29 is 4.74 Å². The monoisotopic (exact) mass is 315 g/mol. The van der Waals surface area contributed by atoms with Gasteiger partial charge < -0.3 is 10.1 Å². The van der Waals surface area contributed by atoms with E-state index in [0.717, 1.165) is 44.6 Å². The van der Waals surface area contributed by atoms with E-state index in [4.69, 9.17) is 4.74 Å². The van der Waals surface area contributed by atoms with Gasteiger partial charge >= 0.3 is 0 Å². The maximum absolute atomic E-state index is 5.90. The molecule has 1 aliphatic carbocycles. The van der Waals surface area contributed by atoms with Gasteiger partial charge in [-0.15, -0.1) is 11.3 Å². The van der Waals surface area contributed by atoms with Crippen molar-refractivity contribution in [2.75, 3.05) is 13.2 Å². The molecule has 22 heavy (non-hydrogen) atoms. The largest absolute Gasteiger partial charge is 0.493 e. The number of thiophene rings is 1. The molecule has 0 aliphatic heterocycles. The Balaban J connectivity index is 1.54. The lowest BCUT2D eigenvalue weighted by molar-refractivity contribution is 0.311. The third kappa shape index (κ3) is 3.90. The first-order chi connectivity index (χ1) is 10.9. The van der Waals surface area contributed by atoms with Crippen molar-refractivity contribution in [1.29, 1.82) is 0 Å². The first kappa shape index (κ1) is 15.6. The lowest BCUT2D eigenvalue weighted by Crippen LogP contribution is -2.35. The minimum Gasteiger partial charge on any atom is -0.493 e. The summed E-state index contributed by atoms with van der Waals surface area (Å²) in [5, 5.41) is 5.89. The van der Waals surface area contributed by atoms with Gasteiger partial charge in [0.25, 0.3) is 0 Å². The van der Waals surface area contributed by atoms with Gasteiger partial charge in [-0.05, 0) is 60.7 Å². The topological polar surface area (TPSA) is 21.3 Å². The molecule has 3 heteroatoms. The van der Waals surface area contributed by atoms with Gasteiger partial charge in [-0.1, -0.05) is 25.1 Å². The summed E-state index contributed by atoms with van der Waals surface area (Å²) in [6.07, 6.45) is 5.68. The Hall–Kier alpha value is -1.32. The van der Waals surface area contributed by atoms with Crippen LogP contribution in [-0.2, 0) is 19.3 Å². The van der Waals surface area contributed by atoms with E-state index < -0.39 is 0 Å². The summed E-state index contributed by atoms with van der Waals surface area (Å²) in [6, 6.07) is 11.5. The number of hydrogen-bond acceptors (Lipinski definition) is 3. The Bertz CT molecular complexity index is 579. The molecule has 1 aliphatic rings. The van der Waals surface area contributed by atoms with E-state index in [1.165, 1.54) is 22.4 Å². The van der Waals surface area contributed by atoms with Crippen molar-refractivity contribution in [3.8, 4) is 5.75 Å². The van der Waals surface area contributed by atoms with Crippen LogP contribution in [0.25, 0.3) is 0 Å². The molecular formula is C19H25NOS. The summed E-state index contributed by atoms with van der Waals surface area (Å²) in [4.78, 5) is 1.47. The molecule has 1 atom stereocenters. The van der Waals surface area contributed by atoms with Gasteiger partial charge in [-0.2, -0.15) is 0 Å². The second kappa shape index (κ2) is 7.80. The Labute approximate surface area is 137 Å². The van der Waals surface area contributed by atoms with Crippen LogP contribution in [-0.4, -0.2) is 19.2 Å². The highest BCUT2D eigenvalue weighted by Crippen LogP contribution is 2.29. The lowest BCUT2D eigenvalue weighted by Gasteiger charge is -2.27. The first-order valence-corrected chi connectivity index (χ1v) is 9.24. The predicted octanol–water partition coefficient (Wildman–Crippen LogP) is 4.23. The minimum atomic E-state index is 0.605. The highest BCUT2D eigenvalue weighted by atomic mass is 32.1. The highest BCUT2D eigenvalue weighted by Gasteiger charge is 2.20. The van der Waals surface area contributed by atoms with E-state index in [2.05, 4.69) is 48.0 Å². The molecule has 0 bridgehead atoms. The lowest BCUT2D eigenvalue weighted by atomic mass is 9.87. The molecule has 1 N–H and O–H groups in total. The quantitative estimate of drug-likeness (QED) is 0.826. The van der Waals surface area contributed by atoms with Crippen LogP contribution in [0.15, 0.2) is 35.7 Å². The van der Waals surface area contributed by atoms with Gasteiger partial charge in [0.05, 0.1) is 6.61 Å². The standard InChI is InChI=1S/C19H25NOS/c1-2-12-21-19-7-3-5-15-14-16(8-9-18(15)19)20-11-10-17-6-4-13-22-17/h3-7,13,16,20H,2,8-12,14H2,1H3. The molecule has 0 saturated heterocycles. The average Bonchev–Trinajstić information content (AvgIpc) is 3.06. The third-order valence-corrected chi connectivity index (χ3v) is 5.22. The highest BCUT2D eigenvalue weighted by molar-refractivity contribution is 7.09. The molecule has 1 unspecified atom stereocenters. The smallest absolute Gasteiger partial charge is 0.122 e. The molecule has 2 aromatic rings. The maximum atomic E-state index is 5.90. The molecule has 2 nitrogen and oxygen atoms in total. The van der Waals surface area contributed by atoms with Gasteiger partial charge in [0.15, 0.2) is 0 Å². The van der Waals surface area contributed by atoms with Crippen LogP contribution in [0.2, 0.25) is 0 Å². The van der Waals surface area contributed by atoms with E-state index in [-0.39, 0.29) is 0 Å². The van der Waals surface area contributed by atoms with E-state index >= 15 is 0 Å². The maximum Gasteiger partial charge on any atom is 0.122 e. The fraction of sp³-hybridized carbons (Fsp3) is 0.474.